The van der Waals surface area contributed by atoms with E-state index < -0.39 is 15.9 Å². The maximum atomic E-state index is 13.2. The summed E-state index contributed by atoms with van der Waals surface area (Å²) in [5.41, 5.74) is 3.94. The molecule has 0 atom stereocenters. The number of hydrogen-bond donors (Lipinski definition) is 1. The highest BCUT2D eigenvalue weighted by Gasteiger charge is 2.24. The van der Waals surface area contributed by atoms with Gasteiger partial charge < -0.3 is 9.30 Å². The molecule has 5 rings (SSSR count). The van der Waals surface area contributed by atoms with Crippen molar-refractivity contribution in [2.24, 2.45) is 0 Å². The zero-order chi connectivity index (χ0) is 30.2. The van der Waals surface area contributed by atoms with Crippen LogP contribution in [-0.2, 0) is 40.9 Å². The highest BCUT2D eigenvalue weighted by atomic mass is 35.5. The van der Waals surface area contributed by atoms with Gasteiger partial charge in [-0.2, -0.15) is 0 Å². The molecule has 0 saturated heterocycles. The fourth-order valence-electron chi connectivity index (χ4n) is 4.68. The number of carbonyl (C=O) groups is 1. The summed E-state index contributed by atoms with van der Waals surface area (Å²) in [4.78, 5) is 17.9. The average Bonchev–Trinajstić information content (AvgIpc) is 3.63. The van der Waals surface area contributed by atoms with E-state index in [1.54, 1.807) is 35.7 Å². The van der Waals surface area contributed by atoms with Crippen molar-refractivity contribution in [2.75, 3.05) is 0 Å². The van der Waals surface area contributed by atoms with Gasteiger partial charge in [-0.15, -0.1) is 11.3 Å². The van der Waals surface area contributed by atoms with Crippen molar-refractivity contribution in [1.82, 2.24) is 14.3 Å². The Morgan fingerprint density at radius 2 is 1.63 bits per heavy atom. The first kappa shape index (κ1) is 30.7. The number of unbranched alkanes of at least 4 members (excludes halogenated alkanes) is 1. The topological polar surface area (TPSA) is 90.3 Å². The van der Waals surface area contributed by atoms with E-state index in [0.717, 1.165) is 47.5 Å². The molecule has 0 fully saturated rings. The number of nitrogens with one attached hydrogen (secondary N) is 1. The smallest absolute Gasteiger partial charge is 0.265 e. The van der Waals surface area contributed by atoms with E-state index in [2.05, 4.69) is 21.2 Å². The fourth-order valence-corrected chi connectivity index (χ4v) is 7.38. The molecule has 7 nitrogen and oxygen atoms in total. The van der Waals surface area contributed by atoms with Crippen molar-refractivity contribution < 1.29 is 17.9 Å². The van der Waals surface area contributed by atoms with Crippen LogP contribution < -0.4 is 4.72 Å². The summed E-state index contributed by atoms with van der Waals surface area (Å²) >= 11 is 7.91. The summed E-state index contributed by atoms with van der Waals surface area (Å²) in [6.07, 6.45) is 2.84. The number of thiophene rings is 1. The second-order valence-electron chi connectivity index (χ2n) is 10.0. The number of benzene rings is 3. The summed E-state index contributed by atoms with van der Waals surface area (Å²) in [5.74, 6) is 0.240. The van der Waals surface area contributed by atoms with Gasteiger partial charge in [0.25, 0.3) is 15.9 Å². The first-order valence-corrected chi connectivity index (χ1v) is 16.7. The van der Waals surface area contributed by atoms with E-state index in [1.165, 1.54) is 17.4 Å². The number of aryl methyl sites for hydroxylation is 1. The number of halogens is 1. The van der Waals surface area contributed by atoms with E-state index in [1.807, 2.05) is 54.6 Å². The van der Waals surface area contributed by atoms with Crippen LogP contribution in [0.5, 0.6) is 0 Å². The number of nitrogens with zero attached hydrogens (tertiary/aromatic N) is 2. The van der Waals surface area contributed by atoms with E-state index in [4.69, 9.17) is 16.3 Å². The summed E-state index contributed by atoms with van der Waals surface area (Å²) in [6, 6.07) is 27.5. The molecule has 43 heavy (non-hydrogen) atoms. The maximum absolute atomic E-state index is 13.2. The lowest BCUT2D eigenvalue weighted by atomic mass is 10.1. The largest absolute Gasteiger partial charge is 0.370 e. The Hall–Kier alpha value is -3.76. The molecule has 0 unspecified atom stereocenters. The summed E-state index contributed by atoms with van der Waals surface area (Å²) < 4.78 is 36.7. The molecule has 0 aliphatic heterocycles. The lowest BCUT2D eigenvalue weighted by molar-refractivity contribution is 0.0981. The van der Waals surface area contributed by atoms with E-state index in [-0.39, 0.29) is 10.5 Å². The lowest BCUT2D eigenvalue weighted by Crippen LogP contribution is -2.30. The number of imidazole rings is 1. The Labute approximate surface area is 261 Å². The second-order valence-corrected chi connectivity index (χ2v) is 13.0. The van der Waals surface area contributed by atoms with Gasteiger partial charge in [0.1, 0.15) is 10.7 Å². The molecule has 0 spiro atoms. The van der Waals surface area contributed by atoms with Gasteiger partial charge in [0, 0.05) is 18.5 Å². The van der Waals surface area contributed by atoms with E-state index >= 15 is 0 Å². The second kappa shape index (κ2) is 14.1. The van der Waals surface area contributed by atoms with Crippen molar-refractivity contribution in [3.63, 3.8) is 0 Å². The molecule has 0 radical (unpaired) electrons. The number of carbonyl (C=O) groups excluding carboxylic acids is 1. The molecule has 0 saturated carbocycles. The normalized spacial score (nSPS) is 11.5. The number of hydrogen-bond acceptors (Lipinski definition) is 6. The van der Waals surface area contributed by atoms with Gasteiger partial charge in [0.15, 0.2) is 5.15 Å². The summed E-state index contributed by atoms with van der Waals surface area (Å²) in [6.45, 7) is 3.49. The molecule has 10 heteroatoms. The third-order valence-corrected chi connectivity index (χ3v) is 9.71. The maximum Gasteiger partial charge on any atom is 0.265 e. The molecule has 2 heterocycles. The Kier molecular flexibility index (Phi) is 10.1. The van der Waals surface area contributed by atoms with Crippen LogP contribution in [0.3, 0.4) is 0 Å². The van der Waals surface area contributed by atoms with Crippen LogP contribution in [0.15, 0.2) is 101 Å². The Balaban J connectivity index is 1.34. The minimum Gasteiger partial charge on any atom is -0.370 e. The Bertz CT molecular complexity index is 1770. The van der Waals surface area contributed by atoms with Crippen molar-refractivity contribution in [3.8, 4) is 10.4 Å². The van der Waals surface area contributed by atoms with Gasteiger partial charge in [-0.25, -0.2) is 18.1 Å². The Morgan fingerprint density at radius 3 is 2.33 bits per heavy atom. The number of aromatic nitrogens is 2. The molecule has 2 aromatic heterocycles. The van der Waals surface area contributed by atoms with Crippen molar-refractivity contribution in [3.05, 3.63) is 130 Å². The Morgan fingerprint density at radius 1 is 0.930 bits per heavy atom. The van der Waals surface area contributed by atoms with Crippen molar-refractivity contribution >= 4 is 38.9 Å². The van der Waals surface area contributed by atoms with Crippen LogP contribution in [-0.4, -0.2) is 23.9 Å². The van der Waals surface area contributed by atoms with E-state index in [9.17, 15) is 13.2 Å². The molecule has 1 N–H and O–H groups in total. The quantitative estimate of drug-likeness (QED) is 0.145. The highest BCUT2D eigenvalue weighted by molar-refractivity contribution is 7.90. The van der Waals surface area contributed by atoms with Crippen LogP contribution in [0.4, 0.5) is 0 Å². The number of rotatable bonds is 13. The predicted octanol–water partition coefficient (Wildman–Crippen LogP) is 7.49. The molecule has 0 aliphatic carbocycles. The van der Waals surface area contributed by atoms with Gasteiger partial charge in [0.05, 0.1) is 23.8 Å². The first-order valence-electron chi connectivity index (χ1n) is 14.0. The molecule has 1 amide bonds. The van der Waals surface area contributed by atoms with Crippen molar-refractivity contribution in [1.29, 1.82) is 0 Å². The minimum atomic E-state index is -4.08. The highest BCUT2D eigenvalue weighted by Crippen LogP contribution is 2.33. The molecule has 222 valence electrons. The van der Waals surface area contributed by atoms with Gasteiger partial charge >= 0.3 is 0 Å². The molecule has 5 aromatic rings. The van der Waals surface area contributed by atoms with Crippen LogP contribution in [0.2, 0.25) is 5.15 Å². The van der Waals surface area contributed by atoms with Crippen molar-refractivity contribution in [2.45, 2.75) is 50.8 Å². The molecular formula is C33H32ClN3O4S2. The lowest BCUT2D eigenvalue weighted by Gasteiger charge is -2.14. The van der Waals surface area contributed by atoms with Crippen LogP contribution >= 0.6 is 22.9 Å². The van der Waals surface area contributed by atoms with Gasteiger partial charge in [-0.3, -0.25) is 4.79 Å². The zero-order valence-corrected chi connectivity index (χ0v) is 26.1. The number of ether oxygens (including phenoxy) is 1. The number of sulfonamides is 1. The summed E-state index contributed by atoms with van der Waals surface area (Å²) in [5, 5.41) is 2.15. The van der Waals surface area contributed by atoms with Gasteiger partial charge in [0.2, 0.25) is 0 Å². The van der Waals surface area contributed by atoms with Gasteiger partial charge in [-0.05, 0) is 46.7 Å². The third kappa shape index (κ3) is 7.61. The monoisotopic (exact) mass is 633 g/mol. The molecule has 0 bridgehead atoms. The van der Waals surface area contributed by atoms with Crippen LogP contribution in [0.25, 0.3) is 10.4 Å². The number of amides is 1. The van der Waals surface area contributed by atoms with Crippen LogP contribution in [0, 0.1) is 0 Å². The fraction of sp³-hybridized carbons (Fsp3) is 0.212. The first-order chi connectivity index (χ1) is 20.9. The van der Waals surface area contributed by atoms with Gasteiger partial charge in [-0.1, -0.05) is 97.7 Å². The molecule has 3 aromatic carbocycles. The third-order valence-electron chi connectivity index (χ3n) is 6.95. The predicted molar refractivity (Wildman–Crippen MR) is 171 cm³/mol. The SMILES string of the molecule is CCCCc1nc(Cl)c(COCc2ccccc2)n1Cc1ccc(-c2sccc2S(=O)(=O)NC(=O)c2ccccc2)cc1. The molecule has 0 aliphatic rings. The minimum absolute atomic E-state index is 0.0654. The zero-order valence-electron chi connectivity index (χ0n) is 23.7. The average molecular weight is 634 g/mol. The van der Waals surface area contributed by atoms with E-state index in [0.29, 0.717) is 29.8 Å². The standard InChI is InChI=1S/C33H32ClN3O4S2/c1-2-3-14-30-35-32(34)28(23-41-22-25-10-6-4-7-11-25)37(30)21-24-15-17-26(18-16-24)31-29(19-20-42-31)43(39,40)36-33(38)27-12-8-5-9-13-27/h4-13,15-20H,2-3,14,21-23H2,1H3,(H,36,38). The van der Waals surface area contributed by atoms with Crippen LogP contribution in [0.1, 0.15) is 52.8 Å². The molecular weight excluding hydrogens is 602 g/mol. The summed E-state index contributed by atoms with van der Waals surface area (Å²) in [7, 11) is -4.08.